The maximum Gasteiger partial charge on any atom is 0.258 e. The van der Waals surface area contributed by atoms with Crippen molar-refractivity contribution in [2.75, 3.05) is 13.2 Å². The Morgan fingerprint density at radius 1 is 1.48 bits per heavy atom. The van der Waals surface area contributed by atoms with Crippen LogP contribution in [0.25, 0.3) is 0 Å². The van der Waals surface area contributed by atoms with Crippen LogP contribution in [-0.4, -0.2) is 29.8 Å². The zero-order valence-electron chi connectivity index (χ0n) is 12.3. The van der Waals surface area contributed by atoms with E-state index in [-0.39, 0.29) is 19.1 Å². The molecule has 0 aromatic heterocycles. The molecule has 1 aliphatic carbocycles. The average Bonchev–Trinajstić information content (AvgIpc) is 2.47. The van der Waals surface area contributed by atoms with Crippen LogP contribution in [-0.2, 0) is 4.79 Å². The van der Waals surface area contributed by atoms with Gasteiger partial charge in [0.05, 0.1) is 5.60 Å². The summed E-state index contributed by atoms with van der Waals surface area (Å²) in [6, 6.07) is 6.91. The SMILES string of the molecule is CC1CCC(O)(CNC(=O)COc2cccc(Cl)c2)CC1. The first-order valence-electron chi connectivity index (χ1n) is 7.34. The average molecular weight is 312 g/mol. The van der Waals surface area contributed by atoms with E-state index in [1.807, 2.05) is 0 Å². The molecule has 0 heterocycles. The van der Waals surface area contributed by atoms with Crippen LogP contribution in [0.3, 0.4) is 0 Å². The van der Waals surface area contributed by atoms with Crippen LogP contribution < -0.4 is 10.1 Å². The van der Waals surface area contributed by atoms with Crippen LogP contribution in [0.2, 0.25) is 5.02 Å². The maximum atomic E-state index is 11.8. The first-order valence-corrected chi connectivity index (χ1v) is 7.72. The summed E-state index contributed by atoms with van der Waals surface area (Å²) in [4.78, 5) is 11.8. The molecule has 116 valence electrons. The Hall–Kier alpha value is -1.26. The lowest BCUT2D eigenvalue weighted by molar-refractivity contribution is -0.124. The van der Waals surface area contributed by atoms with Crippen molar-refractivity contribution in [3.05, 3.63) is 29.3 Å². The molecule has 0 atom stereocenters. The Bertz CT molecular complexity index is 484. The Labute approximate surface area is 130 Å². The fraction of sp³-hybridized carbons (Fsp3) is 0.562. The third-order valence-corrected chi connectivity index (χ3v) is 4.22. The van der Waals surface area contributed by atoms with Crippen LogP contribution in [0.5, 0.6) is 5.75 Å². The standard InChI is InChI=1S/C16H22ClNO3/c1-12-5-7-16(20,8-6-12)11-18-15(19)10-21-14-4-2-3-13(17)9-14/h2-4,9,12,20H,5-8,10-11H2,1H3,(H,18,19). The number of carbonyl (C=O) groups is 1. The Morgan fingerprint density at radius 2 is 2.19 bits per heavy atom. The lowest BCUT2D eigenvalue weighted by Crippen LogP contribution is -2.46. The summed E-state index contributed by atoms with van der Waals surface area (Å²) in [6.45, 7) is 2.40. The summed E-state index contributed by atoms with van der Waals surface area (Å²) in [5.74, 6) is 0.983. The van der Waals surface area contributed by atoms with Gasteiger partial charge in [-0.05, 0) is 49.8 Å². The Kier molecular flexibility index (Phi) is 5.48. The molecule has 0 aliphatic heterocycles. The van der Waals surface area contributed by atoms with E-state index in [4.69, 9.17) is 16.3 Å². The van der Waals surface area contributed by atoms with E-state index in [9.17, 15) is 9.90 Å². The van der Waals surface area contributed by atoms with Crippen molar-refractivity contribution < 1.29 is 14.6 Å². The van der Waals surface area contributed by atoms with Crippen LogP contribution in [0.1, 0.15) is 32.6 Å². The molecule has 21 heavy (non-hydrogen) atoms. The van der Waals surface area contributed by atoms with Crippen molar-refractivity contribution in [1.82, 2.24) is 5.32 Å². The normalized spacial score (nSPS) is 25.4. The van der Waals surface area contributed by atoms with Gasteiger partial charge in [-0.2, -0.15) is 0 Å². The van der Waals surface area contributed by atoms with Gasteiger partial charge >= 0.3 is 0 Å². The summed E-state index contributed by atoms with van der Waals surface area (Å²) < 4.78 is 5.36. The monoisotopic (exact) mass is 311 g/mol. The number of halogens is 1. The predicted octanol–water partition coefficient (Wildman–Crippen LogP) is 2.78. The van der Waals surface area contributed by atoms with Gasteiger partial charge in [-0.1, -0.05) is 24.6 Å². The molecule has 0 bridgehead atoms. The Balaban J connectivity index is 1.72. The number of ether oxygens (including phenoxy) is 1. The molecular weight excluding hydrogens is 290 g/mol. The summed E-state index contributed by atoms with van der Waals surface area (Å²) >= 11 is 5.84. The molecule has 0 spiro atoms. The fourth-order valence-corrected chi connectivity index (χ4v) is 2.68. The quantitative estimate of drug-likeness (QED) is 0.879. The zero-order valence-corrected chi connectivity index (χ0v) is 13.0. The third-order valence-electron chi connectivity index (χ3n) is 3.99. The number of hydrogen-bond acceptors (Lipinski definition) is 3. The summed E-state index contributed by atoms with van der Waals surface area (Å²) in [6.07, 6.45) is 3.49. The second kappa shape index (κ2) is 7.14. The number of hydrogen-bond donors (Lipinski definition) is 2. The smallest absolute Gasteiger partial charge is 0.258 e. The highest BCUT2D eigenvalue weighted by atomic mass is 35.5. The highest BCUT2D eigenvalue weighted by Crippen LogP contribution is 2.31. The second-order valence-electron chi connectivity index (χ2n) is 5.93. The highest BCUT2D eigenvalue weighted by Gasteiger charge is 2.31. The van der Waals surface area contributed by atoms with Gasteiger partial charge in [0.2, 0.25) is 0 Å². The van der Waals surface area contributed by atoms with Crippen LogP contribution in [0, 0.1) is 5.92 Å². The molecule has 1 aromatic carbocycles. The lowest BCUT2D eigenvalue weighted by atomic mass is 9.79. The third kappa shape index (κ3) is 5.21. The van der Waals surface area contributed by atoms with Gasteiger partial charge in [-0.3, -0.25) is 4.79 Å². The van der Waals surface area contributed by atoms with Gasteiger partial charge in [0.15, 0.2) is 6.61 Å². The van der Waals surface area contributed by atoms with E-state index in [0.29, 0.717) is 16.7 Å². The molecule has 2 rings (SSSR count). The summed E-state index contributed by atoms with van der Waals surface area (Å²) in [7, 11) is 0. The molecule has 1 amide bonds. The minimum atomic E-state index is -0.766. The number of benzene rings is 1. The van der Waals surface area contributed by atoms with Gasteiger partial charge in [0.25, 0.3) is 5.91 Å². The number of nitrogens with one attached hydrogen (secondary N) is 1. The van der Waals surface area contributed by atoms with E-state index in [0.717, 1.165) is 25.7 Å². The molecule has 1 saturated carbocycles. The highest BCUT2D eigenvalue weighted by molar-refractivity contribution is 6.30. The maximum absolute atomic E-state index is 11.8. The summed E-state index contributed by atoms with van der Waals surface area (Å²) in [5, 5.41) is 13.7. The molecule has 1 fully saturated rings. The Morgan fingerprint density at radius 3 is 2.86 bits per heavy atom. The number of amides is 1. The van der Waals surface area contributed by atoms with Crippen molar-refractivity contribution in [3.63, 3.8) is 0 Å². The van der Waals surface area contributed by atoms with Crippen molar-refractivity contribution in [2.24, 2.45) is 5.92 Å². The second-order valence-corrected chi connectivity index (χ2v) is 6.37. The van der Waals surface area contributed by atoms with Crippen molar-refractivity contribution in [1.29, 1.82) is 0 Å². The fourth-order valence-electron chi connectivity index (χ4n) is 2.50. The molecular formula is C16H22ClNO3. The van der Waals surface area contributed by atoms with Gasteiger partial charge in [-0.25, -0.2) is 0 Å². The van der Waals surface area contributed by atoms with Gasteiger partial charge in [0, 0.05) is 11.6 Å². The van der Waals surface area contributed by atoms with Gasteiger partial charge in [-0.15, -0.1) is 0 Å². The van der Waals surface area contributed by atoms with E-state index in [1.165, 1.54) is 0 Å². The van der Waals surface area contributed by atoms with Gasteiger partial charge in [0.1, 0.15) is 5.75 Å². The molecule has 1 aromatic rings. The number of carbonyl (C=O) groups excluding carboxylic acids is 1. The molecule has 0 unspecified atom stereocenters. The molecule has 5 heteroatoms. The molecule has 1 aliphatic rings. The minimum absolute atomic E-state index is 0.0766. The van der Waals surface area contributed by atoms with E-state index in [1.54, 1.807) is 24.3 Å². The summed E-state index contributed by atoms with van der Waals surface area (Å²) in [5.41, 5.74) is -0.766. The number of rotatable bonds is 5. The van der Waals surface area contributed by atoms with Crippen molar-refractivity contribution in [2.45, 2.75) is 38.2 Å². The number of aliphatic hydroxyl groups is 1. The van der Waals surface area contributed by atoms with Crippen LogP contribution >= 0.6 is 11.6 Å². The lowest BCUT2D eigenvalue weighted by Gasteiger charge is -2.34. The zero-order chi connectivity index (χ0) is 15.3. The van der Waals surface area contributed by atoms with E-state index >= 15 is 0 Å². The predicted molar refractivity (Wildman–Crippen MR) is 82.5 cm³/mol. The van der Waals surface area contributed by atoms with Crippen LogP contribution in [0.15, 0.2) is 24.3 Å². The largest absolute Gasteiger partial charge is 0.484 e. The van der Waals surface area contributed by atoms with Crippen molar-refractivity contribution in [3.8, 4) is 5.75 Å². The minimum Gasteiger partial charge on any atom is -0.484 e. The van der Waals surface area contributed by atoms with E-state index < -0.39 is 5.60 Å². The first-order chi connectivity index (χ1) is 9.97. The molecule has 4 nitrogen and oxygen atoms in total. The van der Waals surface area contributed by atoms with E-state index in [2.05, 4.69) is 12.2 Å². The molecule has 0 saturated heterocycles. The molecule has 2 N–H and O–H groups in total. The van der Waals surface area contributed by atoms with Crippen LogP contribution in [0.4, 0.5) is 0 Å². The topological polar surface area (TPSA) is 58.6 Å². The van der Waals surface area contributed by atoms with Gasteiger partial charge < -0.3 is 15.2 Å². The van der Waals surface area contributed by atoms with Crippen molar-refractivity contribution >= 4 is 17.5 Å². The molecule has 0 radical (unpaired) electrons. The first kappa shape index (κ1) is 16.1.